The number of piperidine rings is 1. The van der Waals surface area contributed by atoms with Crippen LogP contribution in [0.5, 0.6) is 0 Å². The van der Waals surface area contributed by atoms with E-state index in [2.05, 4.69) is 19.6 Å². The fourth-order valence-electron chi connectivity index (χ4n) is 2.76. The lowest BCUT2D eigenvalue weighted by Gasteiger charge is -2.28. The molecule has 130 valence electrons. The van der Waals surface area contributed by atoms with Gasteiger partial charge in [0.1, 0.15) is 15.9 Å². The third-order valence-corrected chi connectivity index (χ3v) is 6.86. The fourth-order valence-corrected chi connectivity index (χ4v) is 5.07. The van der Waals surface area contributed by atoms with Gasteiger partial charge in [0.05, 0.1) is 6.54 Å². The quantitative estimate of drug-likeness (QED) is 0.880. The Kier molecular flexibility index (Phi) is 5.17. The molecule has 0 aliphatic carbocycles. The highest BCUT2D eigenvalue weighted by Gasteiger charge is 2.18. The van der Waals surface area contributed by atoms with Crippen molar-refractivity contribution in [2.24, 2.45) is 0 Å². The van der Waals surface area contributed by atoms with Crippen molar-refractivity contribution in [1.29, 1.82) is 0 Å². The van der Waals surface area contributed by atoms with Crippen LogP contribution in [0, 0.1) is 13.8 Å². The van der Waals surface area contributed by atoms with Crippen LogP contribution in [0.1, 0.15) is 35.7 Å². The molecule has 1 saturated heterocycles. The van der Waals surface area contributed by atoms with Gasteiger partial charge in [0.15, 0.2) is 0 Å². The first kappa shape index (κ1) is 17.3. The first-order valence-corrected chi connectivity index (χ1v) is 10.4. The van der Waals surface area contributed by atoms with Gasteiger partial charge in [-0.3, -0.25) is 0 Å². The van der Waals surface area contributed by atoms with Gasteiger partial charge in [-0.2, -0.15) is 0 Å². The van der Waals surface area contributed by atoms with Gasteiger partial charge in [-0.15, -0.1) is 11.3 Å². The van der Waals surface area contributed by atoms with Crippen molar-refractivity contribution in [3.8, 4) is 0 Å². The second kappa shape index (κ2) is 7.16. The van der Waals surface area contributed by atoms with Gasteiger partial charge >= 0.3 is 0 Å². The third-order valence-electron chi connectivity index (χ3n) is 3.97. The molecule has 0 atom stereocenters. The summed E-state index contributed by atoms with van der Waals surface area (Å²) in [5, 5.41) is 0. The number of aromatic nitrogens is 2. The number of thiophene rings is 1. The SMILES string of the molecule is Cc1cc(N2CCCCC2)nc(CNS(=O)(=O)c2ccc(C)s2)n1. The molecule has 6 nitrogen and oxygen atoms in total. The maximum atomic E-state index is 12.3. The van der Waals surface area contributed by atoms with Crippen molar-refractivity contribution < 1.29 is 8.42 Å². The number of nitrogens with one attached hydrogen (secondary N) is 1. The standard InChI is InChI=1S/C16H22N4O2S2/c1-12-10-15(20-8-4-3-5-9-20)19-14(18-12)11-17-24(21,22)16-7-6-13(2)23-16/h6-7,10,17H,3-5,8-9,11H2,1-2H3. The largest absolute Gasteiger partial charge is 0.357 e. The summed E-state index contributed by atoms with van der Waals surface area (Å²) in [5.41, 5.74) is 0.853. The van der Waals surface area contributed by atoms with Crippen LogP contribution in [0.15, 0.2) is 22.4 Å². The van der Waals surface area contributed by atoms with Crippen molar-refractivity contribution in [1.82, 2.24) is 14.7 Å². The highest BCUT2D eigenvalue weighted by Crippen LogP contribution is 2.21. The van der Waals surface area contributed by atoms with E-state index in [0.29, 0.717) is 10.0 Å². The van der Waals surface area contributed by atoms with E-state index >= 15 is 0 Å². The minimum Gasteiger partial charge on any atom is -0.357 e. The molecule has 2 aromatic heterocycles. The molecule has 2 aromatic rings. The van der Waals surface area contributed by atoms with Crippen LogP contribution in [-0.4, -0.2) is 31.5 Å². The van der Waals surface area contributed by atoms with Crippen LogP contribution in [0.3, 0.4) is 0 Å². The molecule has 0 unspecified atom stereocenters. The lowest BCUT2D eigenvalue weighted by Crippen LogP contribution is -2.31. The molecule has 0 amide bonds. The van der Waals surface area contributed by atoms with Crippen LogP contribution < -0.4 is 9.62 Å². The molecule has 0 radical (unpaired) electrons. The Morgan fingerprint density at radius 3 is 2.58 bits per heavy atom. The van der Waals surface area contributed by atoms with E-state index in [9.17, 15) is 8.42 Å². The van der Waals surface area contributed by atoms with E-state index in [1.54, 1.807) is 12.1 Å². The minimum absolute atomic E-state index is 0.0990. The van der Waals surface area contributed by atoms with Gasteiger partial charge < -0.3 is 4.90 Å². The van der Waals surface area contributed by atoms with Gasteiger partial charge in [0, 0.05) is 29.7 Å². The monoisotopic (exact) mass is 366 g/mol. The first-order chi connectivity index (χ1) is 11.4. The molecule has 8 heteroatoms. The normalized spacial score (nSPS) is 15.7. The van der Waals surface area contributed by atoms with Gasteiger partial charge in [-0.1, -0.05) is 0 Å². The third kappa shape index (κ3) is 4.12. The highest BCUT2D eigenvalue weighted by molar-refractivity contribution is 7.91. The minimum atomic E-state index is -3.51. The fraction of sp³-hybridized carbons (Fsp3) is 0.500. The van der Waals surface area contributed by atoms with E-state index in [4.69, 9.17) is 0 Å². The Labute approximate surface area is 147 Å². The summed E-state index contributed by atoms with van der Waals surface area (Å²) in [5.74, 6) is 1.40. The maximum absolute atomic E-state index is 12.3. The Bertz CT molecular complexity index is 811. The molecule has 1 fully saturated rings. The van der Waals surface area contributed by atoms with Crippen molar-refractivity contribution in [2.45, 2.75) is 43.9 Å². The lowest BCUT2D eigenvalue weighted by molar-refractivity contribution is 0.569. The topological polar surface area (TPSA) is 75.2 Å². The second-order valence-electron chi connectivity index (χ2n) is 6.02. The van der Waals surface area contributed by atoms with Crippen LogP contribution >= 0.6 is 11.3 Å². The number of rotatable bonds is 5. The molecule has 0 aromatic carbocycles. The average molecular weight is 367 g/mol. The average Bonchev–Trinajstić information content (AvgIpc) is 3.01. The van der Waals surface area contributed by atoms with Crippen LogP contribution in [0.25, 0.3) is 0 Å². The number of aryl methyl sites for hydroxylation is 2. The maximum Gasteiger partial charge on any atom is 0.250 e. The number of anilines is 1. The first-order valence-electron chi connectivity index (χ1n) is 8.10. The zero-order valence-electron chi connectivity index (χ0n) is 13.9. The molecule has 0 bridgehead atoms. The Morgan fingerprint density at radius 2 is 1.92 bits per heavy atom. The molecule has 24 heavy (non-hydrogen) atoms. The molecule has 1 N–H and O–H groups in total. The van der Waals surface area contributed by atoms with E-state index in [-0.39, 0.29) is 6.54 Å². The van der Waals surface area contributed by atoms with Gasteiger partial charge in [0.25, 0.3) is 0 Å². The van der Waals surface area contributed by atoms with Crippen LogP contribution in [0.2, 0.25) is 0 Å². The molecule has 1 aliphatic heterocycles. The number of nitrogens with zero attached hydrogens (tertiary/aromatic N) is 3. The van der Waals surface area contributed by atoms with Crippen LogP contribution in [-0.2, 0) is 16.6 Å². The Hall–Kier alpha value is -1.51. The summed E-state index contributed by atoms with van der Waals surface area (Å²) < 4.78 is 27.6. The Balaban J connectivity index is 1.74. The zero-order chi connectivity index (χ0) is 17.2. The molecule has 3 heterocycles. The van der Waals surface area contributed by atoms with E-state index in [1.165, 1.54) is 30.6 Å². The zero-order valence-corrected chi connectivity index (χ0v) is 15.6. The summed E-state index contributed by atoms with van der Waals surface area (Å²) >= 11 is 1.26. The summed E-state index contributed by atoms with van der Waals surface area (Å²) in [6.45, 7) is 5.89. The summed E-state index contributed by atoms with van der Waals surface area (Å²) in [4.78, 5) is 12.1. The molecule has 1 aliphatic rings. The van der Waals surface area contributed by atoms with Crippen molar-refractivity contribution in [3.05, 3.63) is 34.6 Å². The molecule has 0 spiro atoms. The molecular weight excluding hydrogens is 344 g/mol. The summed E-state index contributed by atoms with van der Waals surface area (Å²) in [7, 11) is -3.51. The van der Waals surface area contributed by atoms with E-state index in [0.717, 1.165) is 29.5 Å². The number of sulfonamides is 1. The number of hydrogen-bond donors (Lipinski definition) is 1. The summed E-state index contributed by atoms with van der Waals surface area (Å²) in [6, 6.07) is 5.39. The highest BCUT2D eigenvalue weighted by atomic mass is 32.2. The van der Waals surface area contributed by atoms with Crippen molar-refractivity contribution in [2.75, 3.05) is 18.0 Å². The Morgan fingerprint density at radius 1 is 1.17 bits per heavy atom. The summed E-state index contributed by atoms with van der Waals surface area (Å²) in [6.07, 6.45) is 3.60. The predicted octanol–water partition coefficient (Wildman–Crippen LogP) is 2.62. The van der Waals surface area contributed by atoms with E-state index < -0.39 is 10.0 Å². The van der Waals surface area contributed by atoms with Crippen LogP contribution in [0.4, 0.5) is 5.82 Å². The second-order valence-corrected chi connectivity index (χ2v) is 9.30. The molecule has 3 rings (SSSR count). The smallest absolute Gasteiger partial charge is 0.250 e. The predicted molar refractivity (Wildman–Crippen MR) is 95.9 cm³/mol. The van der Waals surface area contributed by atoms with Gasteiger partial charge in [0.2, 0.25) is 10.0 Å². The van der Waals surface area contributed by atoms with E-state index in [1.807, 2.05) is 19.9 Å². The van der Waals surface area contributed by atoms with Crippen molar-refractivity contribution >= 4 is 27.2 Å². The van der Waals surface area contributed by atoms with Crippen molar-refractivity contribution in [3.63, 3.8) is 0 Å². The lowest BCUT2D eigenvalue weighted by atomic mass is 10.1. The van der Waals surface area contributed by atoms with Gasteiger partial charge in [-0.25, -0.2) is 23.1 Å². The molecule has 0 saturated carbocycles. The van der Waals surface area contributed by atoms with Gasteiger partial charge in [-0.05, 0) is 45.2 Å². The number of hydrogen-bond acceptors (Lipinski definition) is 6. The molecular formula is C16H22N4O2S2.